The molecule has 142 valence electrons. The summed E-state index contributed by atoms with van der Waals surface area (Å²) in [6, 6.07) is 3.40. The van der Waals surface area contributed by atoms with Crippen molar-refractivity contribution >= 4 is 17.7 Å². The highest BCUT2D eigenvalue weighted by Crippen LogP contribution is 2.32. The molecule has 0 unspecified atom stereocenters. The van der Waals surface area contributed by atoms with E-state index in [-0.39, 0.29) is 24.4 Å². The van der Waals surface area contributed by atoms with E-state index in [1.165, 1.54) is 12.1 Å². The topological polar surface area (TPSA) is 119 Å². The van der Waals surface area contributed by atoms with Crippen molar-refractivity contribution in [2.45, 2.75) is 51.9 Å². The Morgan fingerprint density at radius 1 is 1.35 bits per heavy atom. The van der Waals surface area contributed by atoms with E-state index < -0.39 is 34.7 Å². The molecule has 1 N–H and O–H groups in total. The van der Waals surface area contributed by atoms with Crippen LogP contribution in [0, 0.1) is 17.0 Å². The van der Waals surface area contributed by atoms with Gasteiger partial charge in [0.25, 0.3) is 0 Å². The van der Waals surface area contributed by atoms with Gasteiger partial charge in [-0.05, 0) is 39.3 Å². The molecule has 1 aromatic rings. The molecule has 0 aliphatic carbocycles. The van der Waals surface area contributed by atoms with Crippen molar-refractivity contribution in [1.82, 2.24) is 4.90 Å². The normalized spacial score (nSPS) is 19.9. The van der Waals surface area contributed by atoms with Gasteiger partial charge in [-0.3, -0.25) is 15.0 Å². The fourth-order valence-corrected chi connectivity index (χ4v) is 2.69. The Balaban J connectivity index is 2.19. The molecule has 1 amide bonds. The Labute approximate surface area is 150 Å². The first-order valence-corrected chi connectivity index (χ1v) is 8.12. The number of likely N-dealkylation sites (tertiary alicyclic amines) is 1. The molecule has 1 heterocycles. The predicted octanol–water partition coefficient (Wildman–Crippen LogP) is 2.74. The van der Waals surface area contributed by atoms with Crippen LogP contribution in [0.2, 0.25) is 0 Å². The lowest BCUT2D eigenvalue weighted by atomic mass is 10.2. The monoisotopic (exact) mass is 366 g/mol. The third kappa shape index (κ3) is 4.62. The molecule has 1 aliphatic rings. The Morgan fingerprint density at radius 2 is 2.00 bits per heavy atom. The van der Waals surface area contributed by atoms with E-state index in [0.717, 1.165) is 4.90 Å². The van der Waals surface area contributed by atoms with Crippen LogP contribution in [0.4, 0.5) is 10.5 Å². The standard InChI is InChI=1S/C17H22N2O7/c1-10-5-6-14(12(7-10)19(23)24)25-11-8-13(15(20)21)18(9-11)16(22)26-17(2,3)4/h5-7,11,13H,8-9H2,1-4H3,(H,20,21)/t11-,13-/m1/s1. The smallest absolute Gasteiger partial charge is 0.411 e. The number of carbonyl (C=O) groups excluding carboxylic acids is 1. The van der Waals surface area contributed by atoms with Gasteiger partial charge in [-0.25, -0.2) is 9.59 Å². The van der Waals surface area contributed by atoms with Gasteiger partial charge in [0.2, 0.25) is 0 Å². The highest BCUT2D eigenvalue weighted by atomic mass is 16.6. The van der Waals surface area contributed by atoms with E-state index in [1.54, 1.807) is 33.8 Å². The lowest BCUT2D eigenvalue weighted by Gasteiger charge is -2.26. The molecule has 0 bridgehead atoms. The first-order valence-electron chi connectivity index (χ1n) is 8.12. The van der Waals surface area contributed by atoms with E-state index in [4.69, 9.17) is 9.47 Å². The van der Waals surface area contributed by atoms with E-state index in [2.05, 4.69) is 0 Å². The van der Waals surface area contributed by atoms with Crippen LogP contribution in [-0.2, 0) is 9.53 Å². The van der Waals surface area contributed by atoms with Crippen molar-refractivity contribution in [3.63, 3.8) is 0 Å². The Hall–Kier alpha value is -2.84. The maximum Gasteiger partial charge on any atom is 0.411 e. The van der Waals surface area contributed by atoms with Gasteiger partial charge in [0.15, 0.2) is 5.75 Å². The number of carboxylic acid groups (broad SMARTS) is 1. The molecule has 0 radical (unpaired) electrons. The Morgan fingerprint density at radius 3 is 2.54 bits per heavy atom. The van der Waals surface area contributed by atoms with Crippen molar-refractivity contribution < 1.29 is 29.1 Å². The number of aliphatic carboxylic acids is 1. The van der Waals surface area contributed by atoms with Gasteiger partial charge in [-0.2, -0.15) is 0 Å². The summed E-state index contributed by atoms with van der Waals surface area (Å²) >= 11 is 0. The van der Waals surface area contributed by atoms with Crippen molar-refractivity contribution in [3.05, 3.63) is 33.9 Å². The van der Waals surface area contributed by atoms with E-state index in [1.807, 2.05) is 0 Å². The third-order valence-corrected chi connectivity index (χ3v) is 3.78. The molecule has 2 rings (SSSR count). The first-order chi connectivity index (χ1) is 12.0. The van der Waals surface area contributed by atoms with Crippen LogP contribution in [-0.4, -0.2) is 51.3 Å². The van der Waals surface area contributed by atoms with Crippen LogP contribution < -0.4 is 4.74 Å². The number of amides is 1. The molecule has 0 saturated carbocycles. The molecule has 9 nitrogen and oxygen atoms in total. The summed E-state index contributed by atoms with van der Waals surface area (Å²) in [5.74, 6) is -1.14. The van der Waals surface area contributed by atoms with Gasteiger partial charge >= 0.3 is 17.7 Å². The van der Waals surface area contributed by atoms with Crippen LogP contribution in [0.25, 0.3) is 0 Å². The van der Waals surface area contributed by atoms with E-state index in [0.29, 0.717) is 5.56 Å². The van der Waals surface area contributed by atoms with Gasteiger partial charge in [0.1, 0.15) is 17.7 Å². The number of benzene rings is 1. The summed E-state index contributed by atoms with van der Waals surface area (Å²) in [6.45, 7) is 6.73. The molecule has 1 saturated heterocycles. The number of hydrogen-bond acceptors (Lipinski definition) is 6. The molecule has 1 aliphatic heterocycles. The highest BCUT2D eigenvalue weighted by Gasteiger charge is 2.43. The molecule has 0 spiro atoms. The third-order valence-electron chi connectivity index (χ3n) is 3.78. The summed E-state index contributed by atoms with van der Waals surface area (Å²) in [6.07, 6.45) is -1.43. The van der Waals surface area contributed by atoms with Crippen LogP contribution in [0.1, 0.15) is 32.8 Å². The fourth-order valence-electron chi connectivity index (χ4n) is 2.69. The maximum absolute atomic E-state index is 12.3. The summed E-state index contributed by atoms with van der Waals surface area (Å²) in [5, 5.41) is 20.6. The fraction of sp³-hybridized carbons (Fsp3) is 0.529. The van der Waals surface area contributed by atoms with Gasteiger partial charge in [0, 0.05) is 12.5 Å². The number of hydrogen-bond donors (Lipinski definition) is 1. The SMILES string of the molecule is Cc1ccc(O[C@@H]2C[C@H](C(=O)O)N(C(=O)OC(C)(C)C)C2)c([N+](=O)[O-])c1. The number of carbonyl (C=O) groups is 2. The number of nitro benzene ring substituents is 1. The average molecular weight is 366 g/mol. The van der Waals surface area contributed by atoms with Crippen LogP contribution >= 0.6 is 0 Å². The van der Waals surface area contributed by atoms with Crippen LogP contribution in [0.3, 0.4) is 0 Å². The minimum absolute atomic E-state index is 0.0135. The van der Waals surface area contributed by atoms with Gasteiger partial charge < -0.3 is 14.6 Å². The molecule has 26 heavy (non-hydrogen) atoms. The average Bonchev–Trinajstić information content (AvgIpc) is 2.91. The number of nitrogens with zero attached hydrogens (tertiary/aromatic N) is 2. The zero-order valence-electron chi connectivity index (χ0n) is 15.1. The highest BCUT2D eigenvalue weighted by molar-refractivity contribution is 5.81. The van der Waals surface area contributed by atoms with Crippen molar-refractivity contribution in [1.29, 1.82) is 0 Å². The van der Waals surface area contributed by atoms with Crippen molar-refractivity contribution in [2.75, 3.05) is 6.54 Å². The van der Waals surface area contributed by atoms with Gasteiger partial charge in [0.05, 0.1) is 11.5 Å². The minimum Gasteiger partial charge on any atom is -0.482 e. The van der Waals surface area contributed by atoms with E-state index >= 15 is 0 Å². The molecular formula is C17H22N2O7. The van der Waals surface area contributed by atoms with Crippen LogP contribution in [0.5, 0.6) is 5.75 Å². The molecular weight excluding hydrogens is 344 g/mol. The number of nitro groups is 1. The van der Waals surface area contributed by atoms with Crippen molar-refractivity contribution in [2.24, 2.45) is 0 Å². The second kappa shape index (κ2) is 7.19. The second-order valence-corrected chi connectivity index (χ2v) is 7.19. The van der Waals surface area contributed by atoms with Crippen LogP contribution in [0.15, 0.2) is 18.2 Å². The summed E-state index contributed by atoms with van der Waals surface area (Å²) < 4.78 is 10.9. The van der Waals surface area contributed by atoms with Gasteiger partial charge in [-0.1, -0.05) is 6.07 Å². The lowest BCUT2D eigenvalue weighted by Crippen LogP contribution is -2.43. The van der Waals surface area contributed by atoms with E-state index in [9.17, 15) is 24.8 Å². The molecule has 1 fully saturated rings. The number of aryl methyl sites for hydroxylation is 1. The number of rotatable bonds is 4. The minimum atomic E-state index is -1.18. The Bertz CT molecular complexity index is 726. The first kappa shape index (κ1) is 19.5. The maximum atomic E-state index is 12.3. The zero-order chi connectivity index (χ0) is 19.6. The Kier molecular flexibility index (Phi) is 5.38. The quantitative estimate of drug-likeness (QED) is 0.642. The summed E-state index contributed by atoms with van der Waals surface area (Å²) in [4.78, 5) is 35.5. The molecule has 2 atom stereocenters. The largest absolute Gasteiger partial charge is 0.482 e. The van der Waals surface area contributed by atoms with Crippen molar-refractivity contribution in [3.8, 4) is 5.75 Å². The lowest BCUT2D eigenvalue weighted by molar-refractivity contribution is -0.386. The number of ether oxygens (including phenoxy) is 2. The second-order valence-electron chi connectivity index (χ2n) is 7.19. The molecule has 1 aromatic carbocycles. The zero-order valence-corrected chi connectivity index (χ0v) is 15.1. The number of carboxylic acids is 1. The predicted molar refractivity (Wildman–Crippen MR) is 91.2 cm³/mol. The summed E-state index contributed by atoms with van der Waals surface area (Å²) in [5.41, 5.74) is -0.267. The molecule has 0 aromatic heterocycles. The summed E-state index contributed by atoms with van der Waals surface area (Å²) in [7, 11) is 0. The molecule has 9 heteroatoms. The van der Waals surface area contributed by atoms with Gasteiger partial charge in [-0.15, -0.1) is 0 Å².